The zero-order valence-corrected chi connectivity index (χ0v) is 10.7. The summed E-state index contributed by atoms with van der Waals surface area (Å²) in [5, 5.41) is 10.3. The Balaban J connectivity index is 0.000000980. The molecular weight excluding hydrogens is 214 g/mol. The first-order valence-electron chi connectivity index (χ1n) is 3.80. The Morgan fingerprint density at radius 3 is 2.36 bits per heavy atom. The molecule has 0 bridgehead atoms. The molecule has 0 aliphatic carbocycles. The number of hydrogen-bond donors (Lipinski definition) is 0. The van der Waals surface area contributed by atoms with Crippen molar-refractivity contribution >= 4 is 5.97 Å². The molecule has 3 nitrogen and oxygen atoms in total. The van der Waals surface area contributed by atoms with Crippen molar-refractivity contribution in [3.63, 3.8) is 0 Å². The summed E-state index contributed by atoms with van der Waals surface area (Å²) in [4.78, 5) is 10.3. The molecule has 0 radical (unpaired) electrons. The predicted octanol–water partition coefficient (Wildman–Crippen LogP) is -2.98. The second-order valence-corrected chi connectivity index (χ2v) is 2.85. The quantitative estimate of drug-likeness (QED) is 0.395. The van der Waals surface area contributed by atoms with Gasteiger partial charge >= 0.3 is 51.4 Å². The minimum atomic E-state index is -1.23. The minimum absolute atomic E-state index is 0. The van der Waals surface area contributed by atoms with Gasteiger partial charge in [-0.05, 0) is 17.7 Å². The van der Waals surface area contributed by atoms with Crippen LogP contribution in [-0.4, -0.2) is 12.1 Å². The van der Waals surface area contributed by atoms with Gasteiger partial charge in [0.25, 0.3) is 0 Å². The molecule has 2 unspecified atom stereocenters. The molecule has 5 heteroatoms. The molecular formula is C9H6FKO3. The van der Waals surface area contributed by atoms with E-state index in [0.717, 1.165) is 0 Å². The maximum absolute atomic E-state index is 12.5. The first kappa shape index (κ1) is 12.3. The smallest absolute Gasteiger partial charge is 0.547 e. The third-order valence-electron chi connectivity index (χ3n) is 1.92. The number of carbonyl (C=O) groups is 1. The van der Waals surface area contributed by atoms with Crippen molar-refractivity contribution in [2.45, 2.75) is 12.2 Å². The molecule has 2 rings (SSSR count). The number of carboxylic acid groups (broad SMARTS) is 1. The van der Waals surface area contributed by atoms with Crippen molar-refractivity contribution in [3.8, 4) is 0 Å². The first-order chi connectivity index (χ1) is 6.18. The molecule has 0 spiro atoms. The molecule has 1 fully saturated rings. The normalized spacial score (nSPS) is 23.8. The fraction of sp³-hybridized carbons (Fsp3) is 0.222. The molecule has 1 saturated heterocycles. The molecule has 0 saturated carbocycles. The Kier molecular flexibility index (Phi) is 4.24. The Bertz CT molecular complexity index is 338. The standard InChI is InChI=1S/C9H7FO3.K/c10-6-3-1-5(2-4-6)7-8(13-7)9(11)12;/h1-4,7-8H,(H,11,12);/q;+1/p-1. The van der Waals surface area contributed by atoms with Gasteiger partial charge < -0.3 is 14.6 Å². The van der Waals surface area contributed by atoms with Crippen molar-refractivity contribution < 1.29 is 70.4 Å². The molecule has 68 valence electrons. The van der Waals surface area contributed by atoms with Crippen LogP contribution in [0.1, 0.15) is 11.7 Å². The van der Waals surface area contributed by atoms with Crippen molar-refractivity contribution in [1.82, 2.24) is 0 Å². The van der Waals surface area contributed by atoms with Gasteiger partial charge in [-0.1, -0.05) is 12.1 Å². The van der Waals surface area contributed by atoms with E-state index >= 15 is 0 Å². The number of ether oxygens (including phenoxy) is 1. The molecule has 1 aliphatic rings. The predicted molar refractivity (Wildman–Crippen MR) is 39.0 cm³/mol. The van der Waals surface area contributed by atoms with Crippen LogP contribution in [0.3, 0.4) is 0 Å². The van der Waals surface area contributed by atoms with E-state index in [0.29, 0.717) is 5.56 Å². The molecule has 0 aromatic heterocycles. The van der Waals surface area contributed by atoms with E-state index in [2.05, 4.69) is 0 Å². The van der Waals surface area contributed by atoms with Gasteiger partial charge in [-0.25, -0.2) is 4.39 Å². The molecule has 0 N–H and O–H groups in total. The van der Waals surface area contributed by atoms with Crippen LogP contribution in [-0.2, 0) is 9.53 Å². The van der Waals surface area contributed by atoms with E-state index in [9.17, 15) is 14.3 Å². The van der Waals surface area contributed by atoms with Crippen LogP contribution in [0, 0.1) is 5.82 Å². The Morgan fingerprint density at radius 2 is 1.93 bits per heavy atom. The summed E-state index contributed by atoms with van der Waals surface area (Å²) in [5.41, 5.74) is 0.663. The number of hydrogen-bond acceptors (Lipinski definition) is 3. The third kappa shape index (κ3) is 2.62. The SMILES string of the molecule is O=C([O-])C1OC1c1ccc(F)cc1.[K+]. The van der Waals surface area contributed by atoms with Crippen LogP contribution >= 0.6 is 0 Å². The molecule has 2 atom stereocenters. The van der Waals surface area contributed by atoms with E-state index in [-0.39, 0.29) is 57.2 Å². The van der Waals surface area contributed by atoms with Crippen LogP contribution in [0.15, 0.2) is 24.3 Å². The molecule has 14 heavy (non-hydrogen) atoms. The fourth-order valence-corrected chi connectivity index (χ4v) is 1.20. The van der Waals surface area contributed by atoms with Crippen LogP contribution in [0.4, 0.5) is 4.39 Å². The van der Waals surface area contributed by atoms with Gasteiger partial charge in [-0.2, -0.15) is 0 Å². The first-order valence-corrected chi connectivity index (χ1v) is 3.80. The van der Waals surface area contributed by atoms with E-state index < -0.39 is 18.2 Å². The molecule has 1 aromatic carbocycles. The van der Waals surface area contributed by atoms with Crippen molar-refractivity contribution in [1.29, 1.82) is 0 Å². The number of halogens is 1. The fourth-order valence-electron chi connectivity index (χ4n) is 1.20. The van der Waals surface area contributed by atoms with Crippen molar-refractivity contribution in [2.75, 3.05) is 0 Å². The van der Waals surface area contributed by atoms with Gasteiger partial charge in [0.2, 0.25) is 0 Å². The summed E-state index contributed by atoms with van der Waals surface area (Å²) < 4.78 is 17.3. The van der Waals surface area contributed by atoms with Crippen LogP contribution in [0.5, 0.6) is 0 Å². The summed E-state index contributed by atoms with van der Waals surface area (Å²) >= 11 is 0. The number of aliphatic carboxylic acids is 1. The summed E-state index contributed by atoms with van der Waals surface area (Å²) in [6.07, 6.45) is -1.34. The van der Waals surface area contributed by atoms with Gasteiger partial charge in [-0.15, -0.1) is 0 Å². The van der Waals surface area contributed by atoms with Crippen LogP contribution < -0.4 is 56.5 Å². The largest absolute Gasteiger partial charge is 1.00 e. The number of carbonyl (C=O) groups excluding carboxylic acids is 1. The van der Waals surface area contributed by atoms with Gasteiger partial charge in [0, 0.05) is 0 Å². The topological polar surface area (TPSA) is 52.7 Å². The van der Waals surface area contributed by atoms with Gasteiger partial charge in [0.1, 0.15) is 18.0 Å². The van der Waals surface area contributed by atoms with E-state index in [1.165, 1.54) is 24.3 Å². The number of carboxylic acids is 1. The number of benzene rings is 1. The zero-order valence-electron chi connectivity index (χ0n) is 7.57. The monoisotopic (exact) mass is 220 g/mol. The second-order valence-electron chi connectivity index (χ2n) is 2.85. The molecule has 1 heterocycles. The summed E-state index contributed by atoms with van der Waals surface area (Å²) in [6.45, 7) is 0. The molecule has 1 aromatic rings. The molecule has 0 amide bonds. The van der Waals surface area contributed by atoms with Crippen LogP contribution in [0.2, 0.25) is 0 Å². The summed E-state index contributed by atoms with van der Waals surface area (Å²) in [7, 11) is 0. The summed E-state index contributed by atoms with van der Waals surface area (Å²) in [6, 6.07) is 5.54. The Hall–Kier alpha value is 0.216. The van der Waals surface area contributed by atoms with Gasteiger partial charge in [-0.3, -0.25) is 0 Å². The van der Waals surface area contributed by atoms with Crippen LogP contribution in [0.25, 0.3) is 0 Å². The number of rotatable bonds is 2. The van der Waals surface area contributed by atoms with E-state index in [1.54, 1.807) is 0 Å². The van der Waals surface area contributed by atoms with E-state index in [1.807, 2.05) is 0 Å². The Labute approximate surface area is 123 Å². The average molecular weight is 220 g/mol. The second kappa shape index (κ2) is 4.83. The Morgan fingerprint density at radius 1 is 1.36 bits per heavy atom. The third-order valence-corrected chi connectivity index (χ3v) is 1.92. The number of epoxide rings is 1. The van der Waals surface area contributed by atoms with E-state index in [4.69, 9.17) is 4.74 Å². The van der Waals surface area contributed by atoms with Crippen molar-refractivity contribution in [2.24, 2.45) is 0 Å². The summed E-state index contributed by atoms with van der Waals surface area (Å²) in [5.74, 6) is -1.58. The average Bonchev–Trinajstić information content (AvgIpc) is 2.85. The zero-order chi connectivity index (χ0) is 9.42. The van der Waals surface area contributed by atoms with Crippen molar-refractivity contribution in [3.05, 3.63) is 35.6 Å². The maximum Gasteiger partial charge on any atom is 1.00 e. The van der Waals surface area contributed by atoms with Gasteiger partial charge in [0.05, 0.1) is 5.97 Å². The minimum Gasteiger partial charge on any atom is -0.547 e. The maximum atomic E-state index is 12.5. The van der Waals surface area contributed by atoms with Gasteiger partial charge in [0.15, 0.2) is 0 Å². The molecule has 1 aliphatic heterocycles.